The Morgan fingerprint density at radius 1 is 1.59 bits per heavy atom. The van der Waals surface area contributed by atoms with Gasteiger partial charge in [0.1, 0.15) is 5.82 Å². The third kappa shape index (κ3) is 4.09. The highest BCUT2D eigenvalue weighted by Crippen LogP contribution is 2.19. The van der Waals surface area contributed by atoms with E-state index in [1.54, 1.807) is 6.07 Å². The lowest BCUT2D eigenvalue weighted by molar-refractivity contribution is 0.0940. The lowest BCUT2D eigenvalue weighted by Gasteiger charge is -2.12. The fraction of sp³-hybridized carbons (Fsp3) is 0.417. The van der Waals surface area contributed by atoms with E-state index in [2.05, 4.69) is 21.2 Å². The normalized spacial score (nSPS) is 12.2. The molecule has 0 aromatic heterocycles. The summed E-state index contributed by atoms with van der Waals surface area (Å²) >= 11 is 3.14. The van der Waals surface area contributed by atoms with E-state index in [9.17, 15) is 9.18 Å². The molecule has 1 atom stereocenters. The minimum absolute atomic E-state index is 0.0173. The number of aliphatic hydroxyl groups is 1. The van der Waals surface area contributed by atoms with Gasteiger partial charge in [-0.3, -0.25) is 4.79 Å². The first-order valence-corrected chi connectivity index (χ1v) is 6.18. The van der Waals surface area contributed by atoms with Crippen LogP contribution in [0.5, 0.6) is 0 Å². The SMILES string of the molecule is CC(CCO)CNC(=O)c1c(F)cccc1Br. The molecule has 0 heterocycles. The largest absolute Gasteiger partial charge is 0.396 e. The molecule has 0 aliphatic heterocycles. The minimum atomic E-state index is -0.549. The monoisotopic (exact) mass is 303 g/mol. The van der Waals surface area contributed by atoms with Crippen LogP contribution in [0.25, 0.3) is 0 Å². The second-order valence-corrected chi connectivity index (χ2v) is 4.78. The molecule has 1 aromatic carbocycles. The summed E-state index contributed by atoms with van der Waals surface area (Å²) in [6.45, 7) is 2.41. The van der Waals surface area contributed by atoms with Gasteiger partial charge in [0.2, 0.25) is 0 Å². The molecule has 0 spiro atoms. The van der Waals surface area contributed by atoms with Gasteiger partial charge in [-0.25, -0.2) is 4.39 Å². The fourth-order valence-electron chi connectivity index (χ4n) is 1.39. The van der Waals surface area contributed by atoms with E-state index in [0.717, 1.165) is 0 Å². The Balaban J connectivity index is 2.64. The highest BCUT2D eigenvalue weighted by atomic mass is 79.9. The van der Waals surface area contributed by atoms with Gasteiger partial charge in [-0.2, -0.15) is 0 Å². The van der Waals surface area contributed by atoms with Crippen molar-refractivity contribution >= 4 is 21.8 Å². The van der Waals surface area contributed by atoms with E-state index in [0.29, 0.717) is 17.4 Å². The highest BCUT2D eigenvalue weighted by molar-refractivity contribution is 9.10. The first-order chi connectivity index (χ1) is 8.06. The lowest BCUT2D eigenvalue weighted by Crippen LogP contribution is -2.29. The average Bonchev–Trinajstić information content (AvgIpc) is 2.26. The summed E-state index contributed by atoms with van der Waals surface area (Å²) in [5.74, 6) is -0.832. The molecule has 0 aliphatic carbocycles. The van der Waals surface area contributed by atoms with Crippen molar-refractivity contribution in [3.8, 4) is 0 Å². The second kappa shape index (κ2) is 6.71. The van der Waals surface area contributed by atoms with Gasteiger partial charge in [0, 0.05) is 17.6 Å². The second-order valence-electron chi connectivity index (χ2n) is 3.92. The van der Waals surface area contributed by atoms with Crippen LogP contribution in [0.1, 0.15) is 23.7 Å². The molecule has 0 saturated heterocycles. The molecule has 3 nitrogen and oxygen atoms in total. The van der Waals surface area contributed by atoms with E-state index in [1.807, 2.05) is 6.92 Å². The van der Waals surface area contributed by atoms with Crippen molar-refractivity contribution < 1.29 is 14.3 Å². The third-order valence-corrected chi connectivity index (χ3v) is 3.08. The number of aliphatic hydroxyl groups excluding tert-OH is 1. The molecule has 5 heteroatoms. The van der Waals surface area contributed by atoms with Crippen molar-refractivity contribution in [2.45, 2.75) is 13.3 Å². The number of rotatable bonds is 5. The summed E-state index contributed by atoms with van der Waals surface area (Å²) in [5, 5.41) is 11.4. The zero-order valence-electron chi connectivity index (χ0n) is 9.54. The number of amides is 1. The molecule has 17 heavy (non-hydrogen) atoms. The van der Waals surface area contributed by atoms with Gasteiger partial charge in [-0.15, -0.1) is 0 Å². The number of carbonyl (C=O) groups excluding carboxylic acids is 1. The first kappa shape index (κ1) is 14.1. The Labute approximate surface area is 108 Å². The predicted octanol–water partition coefficient (Wildman–Crippen LogP) is 2.34. The molecule has 2 N–H and O–H groups in total. The summed E-state index contributed by atoms with van der Waals surface area (Å²) in [4.78, 5) is 11.8. The number of halogens is 2. The van der Waals surface area contributed by atoms with E-state index in [1.165, 1.54) is 12.1 Å². The Bertz CT molecular complexity index is 378. The quantitative estimate of drug-likeness (QED) is 0.877. The average molecular weight is 304 g/mol. The zero-order valence-corrected chi connectivity index (χ0v) is 11.1. The van der Waals surface area contributed by atoms with Crippen molar-refractivity contribution in [3.63, 3.8) is 0 Å². The van der Waals surface area contributed by atoms with Crippen LogP contribution >= 0.6 is 15.9 Å². The smallest absolute Gasteiger partial charge is 0.255 e. The van der Waals surface area contributed by atoms with E-state index in [-0.39, 0.29) is 18.1 Å². The van der Waals surface area contributed by atoms with Gasteiger partial charge in [-0.05, 0) is 40.4 Å². The van der Waals surface area contributed by atoms with Gasteiger partial charge in [0.15, 0.2) is 0 Å². The standard InChI is InChI=1S/C12H15BrFNO2/c1-8(5-6-16)7-15-12(17)11-9(13)3-2-4-10(11)14/h2-4,8,16H,5-7H2,1H3,(H,15,17). The van der Waals surface area contributed by atoms with Gasteiger partial charge < -0.3 is 10.4 Å². The van der Waals surface area contributed by atoms with Gasteiger partial charge in [0.25, 0.3) is 5.91 Å². The van der Waals surface area contributed by atoms with E-state index < -0.39 is 11.7 Å². The number of hydrogen-bond acceptors (Lipinski definition) is 2. The maximum Gasteiger partial charge on any atom is 0.255 e. The van der Waals surface area contributed by atoms with Crippen molar-refractivity contribution in [3.05, 3.63) is 34.1 Å². The van der Waals surface area contributed by atoms with Gasteiger partial charge in [-0.1, -0.05) is 13.0 Å². The van der Waals surface area contributed by atoms with Crippen molar-refractivity contribution in [2.24, 2.45) is 5.92 Å². The van der Waals surface area contributed by atoms with Crippen LogP contribution in [0.3, 0.4) is 0 Å². The van der Waals surface area contributed by atoms with Crippen molar-refractivity contribution in [1.82, 2.24) is 5.32 Å². The number of carbonyl (C=O) groups is 1. The molecule has 0 saturated carbocycles. The van der Waals surface area contributed by atoms with Crippen LogP contribution in [0.2, 0.25) is 0 Å². The third-order valence-electron chi connectivity index (χ3n) is 2.42. The number of nitrogens with one attached hydrogen (secondary N) is 1. The number of benzene rings is 1. The Kier molecular flexibility index (Phi) is 5.58. The van der Waals surface area contributed by atoms with Gasteiger partial charge in [0.05, 0.1) is 5.56 Å². The van der Waals surface area contributed by atoms with Crippen LogP contribution in [0.4, 0.5) is 4.39 Å². The zero-order chi connectivity index (χ0) is 12.8. The molecule has 0 radical (unpaired) electrons. The van der Waals surface area contributed by atoms with Crippen LogP contribution in [0, 0.1) is 11.7 Å². The summed E-state index contributed by atoms with van der Waals surface area (Å²) in [6, 6.07) is 4.40. The van der Waals surface area contributed by atoms with E-state index in [4.69, 9.17) is 5.11 Å². The molecule has 1 unspecified atom stereocenters. The molecule has 1 rings (SSSR count). The lowest BCUT2D eigenvalue weighted by atomic mass is 10.1. The topological polar surface area (TPSA) is 49.3 Å². The van der Waals surface area contributed by atoms with Crippen molar-refractivity contribution in [2.75, 3.05) is 13.2 Å². The molecular weight excluding hydrogens is 289 g/mol. The summed E-state index contributed by atoms with van der Waals surface area (Å²) in [5.41, 5.74) is 0.0173. The Morgan fingerprint density at radius 2 is 2.29 bits per heavy atom. The molecule has 1 amide bonds. The summed E-state index contributed by atoms with van der Waals surface area (Å²) in [7, 11) is 0. The molecule has 0 fully saturated rings. The number of hydrogen-bond donors (Lipinski definition) is 2. The predicted molar refractivity (Wildman–Crippen MR) is 67.3 cm³/mol. The van der Waals surface area contributed by atoms with E-state index >= 15 is 0 Å². The van der Waals surface area contributed by atoms with Gasteiger partial charge >= 0.3 is 0 Å². The molecule has 0 bridgehead atoms. The molecule has 1 aromatic rings. The first-order valence-electron chi connectivity index (χ1n) is 5.39. The van der Waals surface area contributed by atoms with Crippen molar-refractivity contribution in [1.29, 1.82) is 0 Å². The maximum atomic E-state index is 13.4. The van der Waals surface area contributed by atoms with Crippen LogP contribution in [-0.4, -0.2) is 24.2 Å². The maximum absolute atomic E-state index is 13.4. The minimum Gasteiger partial charge on any atom is -0.396 e. The summed E-state index contributed by atoms with van der Waals surface area (Å²) < 4.78 is 13.9. The highest BCUT2D eigenvalue weighted by Gasteiger charge is 2.15. The van der Waals surface area contributed by atoms with Crippen LogP contribution < -0.4 is 5.32 Å². The molecule has 94 valence electrons. The van der Waals surface area contributed by atoms with Crippen LogP contribution in [-0.2, 0) is 0 Å². The van der Waals surface area contributed by atoms with Crippen LogP contribution in [0.15, 0.2) is 22.7 Å². The molecule has 0 aliphatic rings. The molecular formula is C12H15BrFNO2. The Hall–Kier alpha value is -0.940. The Morgan fingerprint density at radius 3 is 2.88 bits per heavy atom. The summed E-state index contributed by atoms with van der Waals surface area (Å²) in [6.07, 6.45) is 0.610. The fourth-order valence-corrected chi connectivity index (χ4v) is 1.91.